The molecule has 5 heteroatoms. The molecule has 1 atom stereocenters. The summed E-state index contributed by atoms with van der Waals surface area (Å²) in [5.74, 6) is 0.0132. The minimum absolute atomic E-state index is 0.0120. The lowest BCUT2D eigenvalue weighted by Crippen LogP contribution is -2.41. The number of hydrogen-bond acceptors (Lipinski definition) is 4. The predicted molar refractivity (Wildman–Crippen MR) is 64.8 cm³/mol. The van der Waals surface area contributed by atoms with Crippen molar-refractivity contribution >= 4 is 11.9 Å². The van der Waals surface area contributed by atoms with Crippen molar-refractivity contribution in [3.63, 3.8) is 0 Å². The average molecular weight is 255 g/mol. The van der Waals surface area contributed by atoms with E-state index in [0.717, 1.165) is 32.1 Å². The molecule has 1 N–H and O–H groups in total. The third-order valence-corrected chi connectivity index (χ3v) is 3.91. The first-order chi connectivity index (χ1) is 8.70. The van der Waals surface area contributed by atoms with E-state index in [9.17, 15) is 9.59 Å². The smallest absolute Gasteiger partial charge is 0.308 e. The molecule has 2 aliphatic rings. The monoisotopic (exact) mass is 255 g/mol. The highest BCUT2D eigenvalue weighted by molar-refractivity contribution is 5.79. The fraction of sp³-hybridized carbons (Fsp3) is 0.846. The van der Waals surface area contributed by atoms with Crippen LogP contribution in [0.25, 0.3) is 0 Å². The van der Waals surface area contributed by atoms with Crippen molar-refractivity contribution in [3.05, 3.63) is 0 Å². The molecular formula is C13H21NO4. The van der Waals surface area contributed by atoms with E-state index in [1.54, 1.807) is 0 Å². The minimum atomic E-state index is -0.121. The van der Waals surface area contributed by atoms with Crippen LogP contribution in [0.1, 0.15) is 32.1 Å². The molecule has 1 saturated carbocycles. The van der Waals surface area contributed by atoms with Crippen molar-refractivity contribution in [2.24, 2.45) is 11.8 Å². The lowest BCUT2D eigenvalue weighted by Gasteiger charge is -2.28. The fourth-order valence-corrected chi connectivity index (χ4v) is 2.70. The number of carbonyl (C=O) groups is 2. The molecule has 0 bridgehead atoms. The van der Waals surface area contributed by atoms with Gasteiger partial charge >= 0.3 is 5.97 Å². The van der Waals surface area contributed by atoms with E-state index < -0.39 is 0 Å². The molecule has 0 aromatic carbocycles. The maximum Gasteiger partial charge on any atom is 0.308 e. The van der Waals surface area contributed by atoms with Gasteiger partial charge in [-0.3, -0.25) is 9.59 Å². The molecule has 0 aromatic heterocycles. The number of nitrogens with one attached hydrogen (secondary N) is 1. The Labute approximate surface area is 107 Å². The van der Waals surface area contributed by atoms with E-state index in [1.165, 1.54) is 7.11 Å². The van der Waals surface area contributed by atoms with Gasteiger partial charge in [-0.15, -0.1) is 0 Å². The van der Waals surface area contributed by atoms with Gasteiger partial charge < -0.3 is 14.8 Å². The number of esters is 1. The van der Waals surface area contributed by atoms with Crippen LogP contribution < -0.4 is 5.32 Å². The second kappa shape index (κ2) is 6.18. The van der Waals surface area contributed by atoms with Crippen LogP contribution in [-0.2, 0) is 19.1 Å². The summed E-state index contributed by atoms with van der Waals surface area (Å²) in [5, 5.41) is 3.07. The highest BCUT2D eigenvalue weighted by Gasteiger charge is 2.30. The Balaban J connectivity index is 1.73. The molecule has 18 heavy (non-hydrogen) atoms. The van der Waals surface area contributed by atoms with Crippen molar-refractivity contribution in [1.29, 1.82) is 0 Å². The van der Waals surface area contributed by atoms with Gasteiger partial charge in [0.05, 0.1) is 25.6 Å². The van der Waals surface area contributed by atoms with Gasteiger partial charge in [0, 0.05) is 12.6 Å². The third kappa shape index (κ3) is 3.22. The molecule has 1 amide bonds. The van der Waals surface area contributed by atoms with Gasteiger partial charge in [-0.25, -0.2) is 0 Å². The summed E-state index contributed by atoms with van der Waals surface area (Å²) in [6.45, 7) is 1.23. The third-order valence-electron chi connectivity index (χ3n) is 3.91. The Morgan fingerprint density at radius 2 is 1.83 bits per heavy atom. The first-order valence-corrected chi connectivity index (χ1v) is 6.66. The fourth-order valence-electron chi connectivity index (χ4n) is 2.70. The van der Waals surface area contributed by atoms with Crippen LogP contribution in [0.15, 0.2) is 0 Å². The number of amides is 1. The van der Waals surface area contributed by atoms with Crippen LogP contribution in [0, 0.1) is 11.8 Å². The Bertz CT molecular complexity index is 304. The SMILES string of the molecule is COC(=O)C1CCC(NC(=O)C2CCOC2)CC1. The molecule has 1 unspecified atom stereocenters. The summed E-state index contributed by atoms with van der Waals surface area (Å²) < 4.78 is 9.95. The van der Waals surface area contributed by atoms with Crippen LogP contribution in [-0.4, -0.2) is 38.2 Å². The van der Waals surface area contributed by atoms with Crippen LogP contribution in [0.2, 0.25) is 0 Å². The van der Waals surface area contributed by atoms with E-state index in [2.05, 4.69) is 5.32 Å². The number of hydrogen-bond donors (Lipinski definition) is 1. The predicted octanol–water partition coefficient (Wildman–Crippen LogP) is 0.871. The second-order valence-corrected chi connectivity index (χ2v) is 5.14. The molecule has 1 aliphatic heterocycles. The largest absolute Gasteiger partial charge is 0.469 e. The molecule has 1 heterocycles. The molecule has 1 saturated heterocycles. The molecule has 102 valence electrons. The lowest BCUT2D eigenvalue weighted by atomic mass is 9.86. The quantitative estimate of drug-likeness (QED) is 0.760. The highest BCUT2D eigenvalue weighted by atomic mass is 16.5. The summed E-state index contributed by atoms with van der Waals surface area (Å²) in [6, 6.07) is 0.207. The number of carbonyl (C=O) groups excluding carboxylic acids is 2. The zero-order valence-corrected chi connectivity index (χ0v) is 10.8. The maximum atomic E-state index is 11.9. The van der Waals surface area contributed by atoms with Crippen LogP contribution >= 0.6 is 0 Å². The Kier molecular flexibility index (Phi) is 4.58. The van der Waals surface area contributed by atoms with Gasteiger partial charge in [-0.05, 0) is 32.1 Å². The minimum Gasteiger partial charge on any atom is -0.469 e. The lowest BCUT2D eigenvalue weighted by molar-refractivity contribution is -0.146. The van der Waals surface area contributed by atoms with E-state index in [0.29, 0.717) is 13.2 Å². The first kappa shape index (κ1) is 13.3. The van der Waals surface area contributed by atoms with Gasteiger partial charge in [0.25, 0.3) is 0 Å². The van der Waals surface area contributed by atoms with Crippen molar-refractivity contribution in [2.45, 2.75) is 38.1 Å². The van der Waals surface area contributed by atoms with Gasteiger partial charge in [0.2, 0.25) is 5.91 Å². The maximum absolute atomic E-state index is 11.9. The standard InChI is InChI=1S/C13H21NO4/c1-17-13(16)9-2-4-11(5-3-9)14-12(15)10-6-7-18-8-10/h9-11H,2-8H2,1H3,(H,14,15). The van der Waals surface area contributed by atoms with Crippen LogP contribution in [0.3, 0.4) is 0 Å². The zero-order valence-electron chi connectivity index (χ0n) is 10.8. The molecular weight excluding hydrogens is 234 g/mol. The number of ether oxygens (including phenoxy) is 2. The topological polar surface area (TPSA) is 64.6 Å². The summed E-state index contributed by atoms with van der Waals surface area (Å²) >= 11 is 0. The van der Waals surface area contributed by atoms with Crippen LogP contribution in [0.4, 0.5) is 0 Å². The number of rotatable bonds is 3. The first-order valence-electron chi connectivity index (χ1n) is 6.66. The summed E-state index contributed by atoms with van der Waals surface area (Å²) in [5.41, 5.74) is 0. The van der Waals surface area contributed by atoms with E-state index in [-0.39, 0.29) is 29.8 Å². The summed E-state index contributed by atoms with van der Waals surface area (Å²) in [6.07, 6.45) is 4.15. The molecule has 0 spiro atoms. The van der Waals surface area contributed by atoms with Crippen LogP contribution in [0.5, 0.6) is 0 Å². The molecule has 2 fully saturated rings. The van der Waals surface area contributed by atoms with Gasteiger partial charge in [-0.2, -0.15) is 0 Å². The van der Waals surface area contributed by atoms with Crippen molar-refractivity contribution in [1.82, 2.24) is 5.32 Å². The second-order valence-electron chi connectivity index (χ2n) is 5.14. The summed E-state index contributed by atoms with van der Waals surface area (Å²) in [4.78, 5) is 23.3. The Morgan fingerprint density at radius 3 is 2.39 bits per heavy atom. The normalized spacial score (nSPS) is 31.9. The number of methoxy groups -OCH3 is 1. The van der Waals surface area contributed by atoms with Gasteiger partial charge in [-0.1, -0.05) is 0 Å². The van der Waals surface area contributed by atoms with Crippen molar-refractivity contribution < 1.29 is 19.1 Å². The Hall–Kier alpha value is -1.10. The zero-order chi connectivity index (χ0) is 13.0. The molecule has 0 radical (unpaired) electrons. The van der Waals surface area contributed by atoms with E-state index in [1.807, 2.05) is 0 Å². The Morgan fingerprint density at radius 1 is 1.11 bits per heavy atom. The molecule has 0 aromatic rings. The van der Waals surface area contributed by atoms with Crippen molar-refractivity contribution in [3.8, 4) is 0 Å². The summed E-state index contributed by atoms with van der Waals surface area (Å²) in [7, 11) is 1.43. The highest BCUT2D eigenvalue weighted by Crippen LogP contribution is 2.25. The van der Waals surface area contributed by atoms with E-state index >= 15 is 0 Å². The van der Waals surface area contributed by atoms with E-state index in [4.69, 9.17) is 9.47 Å². The molecule has 1 aliphatic carbocycles. The molecule has 5 nitrogen and oxygen atoms in total. The molecule has 2 rings (SSSR count). The van der Waals surface area contributed by atoms with Crippen molar-refractivity contribution in [2.75, 3.05) is 20.3 Å². The van der Waals surface area contributed by atoms with Gasteiger partial charge in [0.1, 0.15) is 0 Å². The van der Waals surface area contributed by atoms with Gasteiger partial charge in [0.15, 0.2) is 0 Å². The average Bonchev–Trinajstić information content (AvgIpc) is 2.92.